The lowest BCUT2D eigenvalue weighted by Crippen LogP contribution is -2.49. The van der Waals surface area contributed by atoms with Crippen LogP contribution in [-0.2, 0) is 15.9 Å². The summed E-state index contributed by atoms with van der Waals surface area (Å²) >= 11 is 0. The van der Waals surface area contributed by atoms with E-state index in [1.807, 2.05) is 20.9 Å². The minimum atomic E-state index is -0.0369. The van der Waals surface area contributed by atoms with Crippen molar-refractivity contribution in [2.45, 2.75) is 38.5 Å². The van der Waals surface area contributed by atoms with Gasteiger partial charge in [-0.05, 0) is 13.8 Å². The number of ether oxygens (including phenoxy) is 2. The highest BCUT2D eigenvalue weighted by Gasteiger charge is 2.33. The second-order valence-electron chi connectivity index (χ2n) is 5.36. The third-order valence-electron chi connectivity index (χ3n) is 3.92. The molecule has 1 N–H and O–H groups in total. The standard InChI is InChI=1S/C13H19N3O3/c1-7-4-10-11(8(2)19-7)14-15-12(10)13(17)16(3)9-5-18-6-9/h7-9H,4-6H2,1-3H3,(H,14,15)/t7-,8+/m1/s1. The van der Waals surface area contributed by atoms with E-state index in [0.717, 1.165) is 17.7 Å². The molecule has 0 saturated carbocycles. The van der Waals surface area contributed by atoms with Crippen molar-refractivity contribution in [3.63, 3.8) is 0 Å². The van der Waals surface area contributed by atoms with Crippen LogP contribution < -0.4 is 0 Å². The molecule has 0 radical (unpaired) electrons. The molecular weight excluding hydrogens is 246 g/mol. The van der Waals surface area contributed by atoms with Crippen molar-refractivity contribution in [1.82, 2.24) is 15.1 Å². The third kappa shape index (κ3) is 2.04. The summed E-state index contributed by atoms with van der Waals surface area (Å²) < 4.78 is 10.9. The molecule has 6 nitrogen and oxygen atoms in total. The Hall–Kier alpha value is -1.40. The summed E-state index contributed by atoms with van der Waals surface area (Å²) in [4.78, 5) is 14.2. The van der Waals surface area contributed by atoms with Gasteiger partial charge in [0.2, 0.25) is 0 Å². The van der Waals surface area contributed by atoms with E-state index in [1.165, 1.54) is 0 Å². The van der Waals surface area contributed by atoms with E-state index >= 15 is 0 Å². The summed E-state index contributed by atoms with van der Waals surface area (Å²) in [6.07, 6.45) is 0.806. The molecular formula is C13H19N3O3. The fraction of sp³-hybridized carbons (Fsp3) is 0.692. The molecule has 3 rings (SSSR count). The monoisotopic (exact) mass is 265 g/mol. The predicted octanol–water partition coefficient (Wildman–Crippen LogP) is 0.903. The average molecular weight is 265 g/mol. The van der Waals surface area contributed by atoms with Crippen molar-refractivity contribution >= 4 is 5.91 Å². The lowest BCUT2D eigenvalue weighted by molar-refractivity contribution is -0.0470. The summed E-state index contributed by atoms with van der Waals surface area (Å²) in [7, 11) is 1.81. The molecule has 104 valence electrons. The molecule has 0 aromatic carbocycles. The van der Waals surface area contributed by atoms with Crippen molar-refractivity contribution in [3.05, 3.63) is 17.0 Å². The number of aromatic nitrogens is 2. The van der Waals surface area contributed by atoms with E-state index in [2.05, 4.69) is 10.2 Å². The number of carbonyl (C=O) groups is 1. The first kappa shape index (κ1) is 12.6. The Bertz CT molecular complexity index is 495. The zero-order valence-electron chi connectivity index (χ0n) is 11.5. The lowest BCUT2D eigenvalue weighted by atomic mass is 9.99. The Labute approximate surface area is 112 Å². The number of hydrogen-bond donors (Lipinski definition) is 1. The maximum atomic E-state index is 12.5. The first-order valence-corrected chi connectivity index (χ1v) is 6.65. The quantitative estimate of drug-likeness (QED) is 0.863. The molecule has 0 aliphatic carbocycles. The van der Waals surface area contributed by atoms with Gasteiger partial charge >= 0.3 is 0 Å². The smallest absolute Gasteiger partial charge is 0.274 e. The topological polar surface area (TPSA) is 67.5 Å². The van der Waals surface area contributed by atoms with Gasteiger partial charge in [0.05, 0.1) is 37.2 Å². The van der Waals surface area contributed by atoms with Gasteiger partial charge in [-0.25, -0.2) is 0 Å². The van der Waals surface area contributed by atoms with Crippen LogP contribution in [0.15, 0.2) is 0 Å². The zero-order valence-corrected chi connectivity index (χ0v) is 11.5. The maximum absolute atomic E-state index is 12.5. The van der Waals surface area contributed by atoms with Gasteiger partial charge in [0.15, 0.2) is 5.69 Å². The summed E-state index contributed by atoms with van der Waals surface area (Å²) in [6, 6.07) is 0.175. The van der Waals surface area contributed by atoms with E-state index in [9.17, 15) is 4.79 Å². The third-order valence-corrected chi connectivity index (χ3v) is 3.92. The number of H-pyrrole nitrogens is 1. The van der Waals surface area contributed by atoms with Crippen molar-refractivity contribution in [1.29, 1.82) is 0 Å². The van der Waals surface area contributed by atoms with Gasteiger partial charge in [-0.3, -0.25) is 9.89 Å². The minimum absolute atomic E-state index is 0.0351. The summed E-state index contributed by atoms with van der Waals surface area (Å²) in [5.41, 5.74) is 2.47. The number of likely N-dealkylation sites (N-methyl/N-ethyl adjacent to an activating group) is 1. The lowest BCUT2D eigenvalue weighted by Gasteiger charge is -2.34. The van der Waals surface area contributed by atoms with E-state index in [0.29, 0.717) is 18.9 Å². The Kier molecular flexibility index (Phi) is 3.06. The fourth-order valence-corrected chi connectivity index (χ4v) is 2.63. The molecule has 2 atom stereocenters. The Morgan fingerprint density at radius 2 is 2.16 bits per heavy atom. The second-order valence-corrected chi connectivity index (χ2v) is 5.36. The highest BCUT2D eigenvalue weighted by atomic mass is 16.5. The summed E-state index contributed by atoms with van der Waals surface area (Å²) in [5.74, 6) is -0.0351. The van der Waals surface area contributed by atoms with Gasteiger partial charge in [0.1, 0.15) is 0 Å². The Morgan fingerprint density at radius 3 is 2.79 bits per heavy atom. The summed E-state index contributed by atoms with van der Waals surface area (Å²) in [6.45, 7) is 5.23. The van der Waals surface area contributed by atoms with Crippen LogP contribution in [0.1, 0.15) is 41.7 Å². The number of amides is 1. The maximum Gasteiger partial charge on any atom is 0.274 e. The number of fused-ring (bicyclic) bond motifs is 1. The molecule has 6 heteroatoms. The fourth-order valence-electron chi connectivity index (χ4n) is 2.63. The van der Waals surface area contributed by atoms with E-state index in [-0.39, 0.29) is 24.2 Å². The number of nitrogens with one attached hydrogen (secondary N) is 1. The molecule has 0 bridgehead atoms. The molecule has 0 spiro atoms. The summed E-state index contributed by atoms with van der Waals surface area (Å²) in [5, 5.41) is 7.16. The van der Waals surface area contributed by atoms with Gasteiger partial charge in [0, 0.05) is 19.0 Å². The minimum Gasteiger partial charge on any atom is -0.377 e. The van der Waals surface area contributed by atoms with Crippen LogP contribution in [-0.4, -0.2) is 53.4 Å². The van der Waals surface area contributed by atoms with Crippen molar-refractivity contribution in [2.24, 2.45) is 0 Å². The van der Waals surface area contributed by atoms with Crippen molar-refractivity contribution in [2.75, 3.05) is 20.3 Å². The van der Waals surface area contributed by atoms with Crippen molar-refractivity contribution in [3.8, 4) is 0 Å². The number of hydrogen-bond acceptors (Lipinski definition) is 4. The van der Waals surface area contributed by atoms with E-state index in [1.54, 1.807) is 4.90 Å². The van der Waals surface area contributed by atoms with Crippen LogP contribution in [0.5, 0.6) is 0 Å². The first-order valence-electron chi connectivity index (χ1n) is 6.65. The zero-order chi connectivity index (χ0) is 13.6. The molecule has 2 aliphatic heterocycles. The molecule has 0 unspecified atom stereocenters. The Morgan fingerprint density at radius 1 is 1.42 bits per heavy atom. The Balaban J connectivity index is 1.87. The molecule has 1 aromatic heterocycles. The number of carbonyl (C=O) groups excluding carboxylic acids is 1. The van der Waals surface area contributed by atoms with Gasteiger partial charge in [-0.2, -0.15) is 5.10 Å². The van der Waals surface area contributed by atoms with Crippen LogP contribution in [0.2, 0.25) is 0 Å². The normalized spacial score (nSPS) is 26.7. The molecule has 19 heavy (non-hydrogen) atoms. The van der Waals surface area contributed by atoms with Gasteiger partial charge < -0.3 is 14.4 Å². The average Bonchev–Trinajstić information content (AvgIpc) is 2.69. The number of nitrogens with zero attached hydrogens (tertiary/aromatic N) is 2. The number of rotatable bonds is 2. The highest BCUT2D eigenvalue weighted by molar-refractivity contribution is 5.94. The SMILES string of the molecule is C[C@@H]1Cc2c(C(=O)N(C)C3COC3)n[nH]c2[C@H](C)O1. The van der Waals surface area contributed by atoms with Gasteiger partial charge in [-0.15, -0.1) is 0 Å². The molecule has 1 amide bonds. The first-order chi connectivity index (χ1) is 9.08. The van der Waals surface area contributed by atoms with Crippen LogP contribution in [0.3, 0.4) is 0 Å². The second kappa shape index (κ2) is 4.61. The van der Waals surface area contributed by atoms with E-state index in [4.69, 9.17) is 9.47 Å². The highest BCUT2D eigenvalue weighted by Crippen LogP contribution is 2.30. The molecule has 1 aromatic rings. The molecule has 1 saturated heterocycles. The number of aromatic amines is 1. The van der Waals surface area contributed by atoms with Crippen LogP contribution in [0.25, 0.3) is 0 Å². The molecule has 3 heterocycles. The van der Waals surface area contributed by atoms with Crippen LogP contribution in [0, 0.1) is 0 Å². The molecule has 2 aliphatic rings. The largest absolute Gasteiger partial charge is 0.377 e. The van der Waals surface area contributed by atoms with Crippen molar-refractivity contribution < 1.29 is 14.3 Å². The van der Waals surface area contributed by atoms with Crippen LogP contribution >= 0.6 is 0 Å². The van der Waals surface area contributed by atoms with Gasteiger partial charge in [0.25, 0.3) is 5.91 Å². The van der Waals surface area contributed by atoms with Crippen LogP contribution in [0.4, 0.5) is 0 Å². The van der Waals surface area contributed by atoms with Gasteiger partial charge in [-0.1, -0.05) is 0 Å². The van der Waals surface area contributed by atoms with E-state index < -0.39 is 0 Å². The predicted molar refractivity (Wildman–Crippen MR) is 68.0 cm³/mol. The molecule has 1 fully saturated rings.